The third-order valence-corrected chi connectivity index (χ3v) is 4.00. The summed E-state index contributed by atoms with van der Waals surface area (Å²) in [5, 5.41) is 0. The van der Waals surface area contributed by atoms with Gasteiger partial charge in [0.2, 0.25) is 0 Å². The Morgan fingerprint density at radius 2 is 2.28 bits per heavy atom. The number of ether oxygens (including phenoxy) is 1. The van der Waals surface area contributed by atoms with Crippen LogP contribution < -0.4 is 0 Å². The van der Waals surface area contributed by atoms with Gasteiger partial charge in [0, 0.05) is 30.2 Å². The molecule has 1 heterocycles. The highest BCUT2D eigenvalue weighted by atomic mass is 79.9. The molecule has 0 saturated carbocycles. The molecule has 1 amide bonds. The van der Waals surface area contributed by atoms with E-state index in [-0.39, 0.29) is 11.5 Å². The largest absolute Gasteiger partial charge is 0.377 e. The van der Waals surface area contributed by atoms with Crippen molar-refractivity contribution in [1.29, 1.82) is 0 Å². The van der Waals surface area contributed by atoms with Gasteiger partial charge in [-0.15, -0.1) is 0 Å². The summed E-state index contributed by atoms with van der Waals surface area (Å²) in [6.07, 6.45) is 2.00. The van der Waals surface area contributed by atoms with Crippen molar-refractivity contribution in [3.63, 3.8) is 0 Å². The van der Waals surface area contributed by atoms with Crippen molar-refractivity contribution in [2.24, 2.45) is 0 Å². The summed E-state index contributed by atoms with van der Waals surface area (Å²) >= 11 is 3.40. The van der Waals surface area contributed by atoms with Crippen LogP contribution in [-0.4, -0.2) is 36.6 Å². The van der Waals surface area contributed by atoms with Crippen molar-refractivity contribution >= 4 is 21.8 Å². The van der Waals surface area contributed by atoms with Gasteiger partial charge in [0.15, 0.2) is 0 Å². The molecule has 1 saturated heterocycles. The molecule has 1 aromatic carbocycles. The Balaban J connectivity index is 2.14. The van der Waals surface area contributed by atoms with Gasteiger partial charge < -0.3 is 9.64 Å². The van der Waals surface area contributed by atoms with E-state index in [4.69, 9.17) is 4.74 Å². The maximum absolute atomic E-state index is 12.4. The maximum atomic E-state index is 12.4. The highest BCUT2D eigenvalue weighted by Gasteiger charge is 2.33. The molecule has 0 aromatic heterocycles. The average Bonchev–Trinajstić information content (AvgIpc) is 2.38. The molecular weight excluding hydrogens is 294 g/mol. The fourth-order valence-electron chi connectivity index (χ4n) is 2.35. The molecule has 1 aliphatic rings. The first-order valence-corrected chi connectivity index (χ1v) is 6.93. The molecule has 0 aliphatic carbocycles. The minimum Gasteiger partial charge on any atom is -0.377 e. The molecule has 0 radical (unpaired) electrons. The summed E-state index contributed by atoms with van der Waals surface area (Å²) in [6.45, 7) is 3.53. The second kappa shape index (κ2) is 5.41. The molecular formula is C14H18BrNO2. The summed E-state index contributed by atoms with van der Waals surface area (Å²) in [7, 11) is 1.72. The quantitative estimate of drug-likeness (QED) is 0.840. The van der Waals surface area contributed by atoms with Crippen LogP contribution in [-0.2, 0) is 4.74 Å². The van der Waals surface area contributed by atoms with E-state index < -0.39 is 0 Å². The SMILES string of the molecule is COC1(C)CCCN(C(=O)c2cccc(Br)c2)C1. The number of piperidine rings is 1. The molecule has 18 heavy (non-hydrogen) atoms. The molecule has 1 fully saturated rings. The zero-order chi connectivity index (χ0) is 13.2. The lowest BCUT2D eigenvalue weighted by Gasteiger charge is -2.39. The lowest BCUT2D eigenvalue weighted by Crippen LogP contribution is -2.49. The second-order valence-electron chi connectivity index (χ2n) is 4.99. The first kappa shape index (κ1) is 13.6. The molecule has 2 rings (SSSR count). The van der Waals surface area contributed by atoms with E-state index in [0.29, 0.717) is 6.54 Å². The highest BCUT2D eigenvalue weighted by Crippen LogP contribution is 2.25. The summed E-state index contributed by atoms with van der Waals surface area (Å²) in [5.74, 6) is 0.0827. The van der Waals surface area contributed by atoms with E-state index in [1.807, 2.05) is 29.2 Å². The van der Waals surface area contributed by atoms with Crippen molar-refractivity contribution in [3.8, 4) is 0 Å². The molecule has 3 nitrogen and oxygen atoms in total. The predicted molar refractivity (Wildman–Crippen MR) is 74.7 cm³/mol. The van der Waals surface area contributed by atoms with Crippen molar-refractivity contribution in [2.75, 3.05) is 20.2 Å². The van der Waals surface area contributed by atoms with Gasteiger partial charge in [-0.3, -0.25) is 4.79 Å². The Bertz CT molecular complexity index is 449. The number of methoxy groups -OCH3 is 1. The molecule has 98 valence electrons. The third-order valence-electron chi connectivity index (χ3n) is 3.51. The monoisotopic (exact) mass is 311 g/mol. The van der Waals surface area contributed by atoms with Crippen LogP contribution in [0.4, 0.5) is 0 Å². The third kappa shape index (κ3) is 2.93. The smallest absolute Gasteiger partial charge is 0.253 e. The number of likely N-dealkylation sites (tertiary alicyclic amines) is 1. The van der Waals surface area contributed by atoms with Gasteiger partial charge in [0.25, 0.3) is 5.91 Å². The molecule has 1 unspecified atom stereocenters. The molecule has 1 atom stereocenters. The van der Waals surface area contributed by atoms with Gasteiger partial charge in [-0.2, -0.15) is 0 Å². The molecule has 4 heteroatoms. The van der Waals surface area contributed by atoms with Gasteiger partial charge >= 0.3 is 0 Å². The summed E-state index contributed by atoms with van der Waals surface area (Å²) in [6, 6.07) is 7.52. The Kier molecular flexibility index (Phi) is 4.07. The van der Waals surface area contributed by atoms with Crippen molar-refractivity contribution in [2.45, 2.75) is 25.4 Å². The van der Waals surface area contributed by atoms with E-state index in [1.54, 1.807) is 7.11 Å². The van der Waals surface area contributed by atoms with Gasteiger partial charge in [0.1, 0.15) is 0 Å². The fraction of sp³-hybridized carbons (Fsp3) is 0.500. The number of nitrogens with zero attached hydrogens (tertiary/aromatic N) is 1. The number of benzene rings is 1. The van der Waals surface area contributed by atoms with Gasteiger partial charge in [-0.1, -0.05) is 22.0 Å². The van der Waals surface area contributed by atoms with Crippen LogP contribution in [0.3, 0.4) is 0 Å². The normalized spacial score (nSPS) is 24.1. The Morgan fingerprint density at radius 3 is 2.94 bits per heavy atom. The summed E-state index contributed by atoms with van der Waals surface area (Å²) in [5.41, 5.74) is 0.518. The van der Waals surface area contributed by atoms with Crippen molar-refractivity contribution in [3.05, 3.63) is 34.3 Å². The van der Waals surface area contributed by atoms with E-state index >= 15 is 0 Å². The number of rotatable bonds is 2. The molecule has 0 spiro atoms. The van der Waals surface area contributed by atoms with E-state index in [1.165, 1.54) is 0 Å². The average molecular weight is 312 g/mol. The van der Waals surface area contributed by atoms with Crippen molar-refractivity contribution < 1.29 is 9.53 Å². The van der Waals surface area contributed by atoms with Gasteiger partial charge in [-0.25, -0.2) is 0 Å². The lowest BCUT2D eigenvalue weighted by molar-refractivity contribution is -0.0440. The summed E-state index contributed by atoms with van der Waals surface area (Å²) in [4.78, 5) is 14.3. The first-order chi connectivity index (χ1) is 8.54. The highest BCUT2D eigenvalue weighted by molar-refractivity contribution is 9.10. The molecule has 0 bridgehead atoms. The van der Waals surface area contributed by atoms with Crippen LogP contribution in [0.2, 0.25) is 0 Å². The standard InChI is InChI=1S/C14H18BrNO2/c1-14(18-2)7-4-8-16(10-14)13(17)11-5-3-6-12(15)9-11/h3,5-6,9H,4,7-8,10H2,1-2H3. The van der Waals surface area contributed by atoms with Crippen molar-refractivity contribution in [1.82, 2.24) is 4.90 Å². The minimum absolute atomic E-state index is 0.0827. The fourth-order valence-corrected chi connectivity index (χ4v) is 2.75. The van der Waals surface area contributed by atoms with Crippen LogP contribution in [0.15, 0.2) is 28.7 Å². The Hall–Kier alpha value is -0.870. The van der Waals surface area contributed by atoms with Crippen LogP contribution >= 0.6 is 15.9 Å². The lowest BCUT2D eigenvalue weighted by atomic mass is 9.94. The topological polar surface area (TPSA) is 29.5 Å². The number of hydrogen-bond acceptors (Lipinski definition) is 2. The van der Waals surface area contributed by atoms with E-state index in [0.717, 1.165) is 29.4 Å². The number of halogens is 1. The van der Waals surface area contributed by atoms with Crippen LogP contribution in [0, 0.1) is 0 Å². The van der Waals surface area contributed by atoms with Crippen LogP contribution in [0.1, 0.15) is 30.1 Å². The minimum atomic E-state index is -0.208. The number of carbonyl (C=O) groups is 1. The zero-order valence-electron chi connectivity index (χ0n) is 10.8. The molecule has 1 aromatic rings. The molecule has 0 N–H and O–H groups in total. The van der Waals surface area contributed by atoms with E-state index in [2.05, 4.69) is 22.9 Å². The molecule has 1 aliphatic heterocycles. The Labute approximate surface area is 116 Å². The van der Waals surface area contributed by atoms with Crippen LogP contribution in [0.5, 0.6) is 0 Å². The maximum Gasteiger partial charge on any atom is 0.253 e. The van der Waals surface area contributed by atoms with Gasteiger partial charge in [0.05, 0.1) is 5.60 Å². The Morgan fingerprint density at radius 1 is 1.50 bits per heavy atom. The predicted octanol–water partition coefficient (Wildman–Crippen LogP) is 3.09. The number of carbonyl (C=O) groups excluding carboxylic acids is 1. The first-order valence-electron chi connectivity index (χ1n) is 6.14. The summed E-state index contributed by atoms with van der Waals surface area (Å²) < 4.78 is 6.45. The number of amides is 1. The van der Waals surface area contributed by atoms with E-state index in [9.17, 15) is 4.79 Å². The zero-order valence-corrected chi connectivity index (χ0v) is 12.4. The number of hydrogen-bond donors (Lipinski definition) is 0. The van der Waals surface area contributed by atoms with Crippen LogP contribution in [0.25, 0.3) is 0 Å². The second-order valence-corrected chi connectivity index (χ2v) is 5.91. The van der Waals surface area contributed by atoms with Gasteiger partial charge in [-0.05, 0) is 38.0 Å².